The average molecular weight is 301 g/mol. The lowest BCUT2D eigenvalue weighted by Gasteiger charge is -2.35. The standard InChI is InChI=1S/C14H20N2O3.ClH/c17-10-5-13(16-8-6-15-7-9-16)11-1-3-12(4-2-11)14(18)19;/h1-4,13,15,17H,5-10H2,(H,18,19);1H/t13-;/m0./s1. The zero-order chi connectivity index (χ0) is 13.7. The van der Waals surface area contributed by atoms with Crippen LogP contribution in [0.3, 0.4) is 0 Å². The minimum absolute atomic E-state index is 0. The van der Waals surface area contributed by atoms with Crippen molar-refractivity contribution in [2.45, 2.75) is 12.5 Å². The van der Waals surface area contributed by atoms with Crippen molar-refractivity contribution in [1.29, 1.82) is 0 Å². The summed E-state index contributed by atoms with van der Waals surface area (Å²) in [5.74, 6) is -0.910. The second-order valence-corrected chi connectivity index (χ2v) is 4.74. The summed E-state index contributed by atoms with van der Waals surface area (Å²) in [5.41, 5.74) is 1.37. The SMILES string of the molecule is Cl.O=C(O)c1ccc([C@H](CCO)N2CCNCC2)cc1. The molecule has 1 aliphatic heterocycles. The number of rotatable bonds is 5. The van der Waals surface area contributed by atoms with Crippen LogP contribution in [0.4, 0.5) is 0 Å². The maximum atomic E-state index is 10.9. The van der Waals surface area contributed by atoms with Crippen molar-refractivity contribution in [3.63, 3.8) is 0 Å². The number of carboxylic acids is 1. The van der Waals surface area contributed by atoms with Crippen molar-refractivity contribution in [3.05, 3.63) is 35.4 Å². The highest BCUT2D eigenvalue weighted by Gasteiger charge is 2.21. The number of aliphatic hydroxyl groups is 1. The van der Waals surface area contributed by atoms with Gasteiger partial charge in [0.05, 0.1) is 5.56 Å². The molecule has 1 fully saturated rings. The molecule has 0 aromatic heterocycles. The van der Waals surface area contributed by atoms with Gasteiger partial charge >= 0.3 is 5.97 Å². The van der Waals surface area contributed by atoms with E-state index in [2.05, 4.69) is 10.2 Å². The summed E-state index contributed by atoms with van der Waals surface area (Å²) >= 11 is 0. The summed E-state index contributed by atoms with van der Waals surface area (Å²) in [7, 11) is 0. The Balaban J connectivity index is 0.00000200. The first-order valence-corrected chi connectivity index (χ1v) is 6.61. The smallest absolute Gasteiger partial charge is 0.335 e. The highest BCUT2D eigenvalue weighted by atomic mass is 35.5. The molecular formula is C14H21ClN2O3. The summed E-state index contributed by atoms with van der Waals surface area (Å²) < 4.78 is 0. The number of halogens is 1. The Bertz CT molecular complexity index is 419. The van der Waals surface area contributed by atoms with Gasteiger partial charge in [0, 0.05) is 38.8 Å². The first-order valence-electron chi connectivity index (χ1n) is 6.61. The topological polar surface area (TPSA) is 72.8 Å². The van der Waals surface area contributed by atoms with E-state index in [4.69, 9.17) is 5.11 Å². The highest BCUT2D eigenvalue weighted by Crippen LogP contribution is 2.24. The zero-order valence-corrected chi connectivity index (χ0v) is 12.1. The van der Waals surface area contributed by atoms with Crippen LogP contribution in [-0.4, -0.2) is 53.9 Å². The van der Waals surface area contributed by atoms with Crippen LogP contribution in [0.5, 0.6) is 0 Å². The van der Waals surface area contributed by atoms with E-state index < -0.39 is 5.97 Å². The first-order chi connectivity index (χ1) is 9.22. The number of carbonyl (C=O) groups is 1. The van der Waals surface area contributed by atoms with E-state index in [1.165, 1.54) is 0 Å². The van der Waals surface area contributed by atoms with E-state index in [0.717, 1.165) is 31.7 Å². The molecule has 0 amide bonds. The Kier molecular flexibility index (Phi) is 6.95. The van der Waals surface area contributed by atoms with Crippen molar-refractivity contribution in [2.75, 3.05) is 32.8 Å². The molecule has 1 aromatic carbocycles. The number of nitrogens with one attached hydrogen (secondary N) is 1. The predicted octanol–water partition coefficient (Wildman–Crippen LogP) is 1.14. The molecule has 1 heterocycles. The molecule has 1 saturated heterocycles. The summed E-state index contributed by atoms with van der Waals surface area (Å²) in [6.45, 7) is 3.94. The molecule has 6 heteroatoms. The summed E-state index contributed by atoms with van der Waals surface area (Å²) in [6, 6.07) is 7.13. The number of hydrogen-bond donors (Lipinski definition) is 3. The van der Waals surface area contributed by atoms with Crippen molar-refractivity contribution < 1.29 is 15.0 Å². The fourth-order valence-corrected chi connectivity index (χ4v) is 2.52. The van der Waals surface area contributed by atoms with Gasteiger partial charge in [0.15, 0.2) is 0 Å². The van der Waals surface area contributed by atoms with Gasteiger partial charge in [-0.3, -0.25) is 4.90 Å². The molecule has 3 N–H and O–H groups in total. The van der Waals surface area contributed by atoms with Gasteiger partial charge in [-0.15, -0.1) is 12.4 Å². The maximum Gasteiger partial charge on any atom is 0.335 e. The van der Waals surface area contributed by atoms with Gasteiger partial charge in [-0.05, 0) is 24.1 Å². The van der Waals surface area contributed by atoms with E-state index in [0.29, 0.717) is 12.0 Å². The van der Waals surface area contributed by atoms with Gasteiger partial charge in [-0.25, -0.2) is 4.79 Å². The molecule has 1 atom stereocenters. The molecule has 0 aliphatic carbocycles. The van der Waals surface area contributed by atoms with E-state index in [-0.39, 0.29) is 25.1 Å². The molecule has 1 aromatic rings. The van der Waals surface area contributed by atoms with Gasteiger partial charge in [0.25, 0.3) is 0 Å². The third-order valence-corrected chi connectivity index (χ3v) is 3.54. The average Bonchev–Trinajstić information content (AvgIpc) is 2.46. The van der Waals surface area contributed by atoms with E-state index in [9.17, 15) is 9.90 Å². The highest BCUT2D eigenvalue weighted by molar-refractivity contribution is 5.87. The van der Waals surface area contributed by atoms with Crippen molar-refractivity contribution in [2.24, 2.45) is 0 Å². The second-order valence-electron chi connectivity index (χ2n) is 4.74. The van der Waals surface area contributed by atoms with Crippen LogP contribution in [0, 0.1) is 0 Å². The number of hydrogen-bond acceptors (Lipinski definition) is 4. The summed E-state index contributed by atoms with van der Waals surface area (Å²) in [5, 5.41) is 21.4. The van der Waals surface area contributed by atoms with Gasteiger partial charge in [-0.1, -0.05) is 12.1 Å². The minimum Gasteiger partial charge on any atom is -0.478 e. The Hall–Kier alpha value is -1.14. The Morgan fingerprint density at radius 2 is 1.85 bits per heavy atom. The predicted molar refractivity (Wildman–Crippen MR) is 79.5 cm³/mol. The fraction of sp³-hybridized carbons (Fsp3) is 0.500. The molecule has 0 unspecified atom stereocenters. The van der Waals surface area contributed by atoms with Crippen molar-refractivity contribution in [3.8, 4) is 0 Å². The molecule has 5 nitrogen and oxygen atoms in total. The van der Waals surface area contributed by atoms with Gasteiger partial charge in [0.2, 0.25) is 0 Å². The summed E-state index contributed by atoms with van der Waals surface area (Å²) in [6.07, 6.45) is 0.673. The van der Waals surface area contributed by atoms with Crippen molar-refractivity contribution in [1.82, 2.24) is 10.2 Å². The van der Waals surface area contributed by atoms with Crippen LogP contribution in [0.25, 0.3) is 0 Å². The van der Waals surface area contributed by atoms with Crippen LogP contribution in [-0.2, 0) is 0 Å². The van der Waals surface area contributed by atoms with Crippen LogP contribution < -0.4 is 5.32 Å². The number of piperazine rings is 1. The monoisotopic (exact) mass is 300 g/mol. The molecule has 1 aliphatic rings. The molecule has 0 bridgehead atoms. The minimum atomic E-state index is -0.910. The number of nitrogens with zero attached hydrogens (tertiary/aromatic N) is 1. The van der Waals surface area contributed by atoms with Crippen LogP contribution >= 0.6 is 12.4 Å². The van der Waals surface area contributed by atoms with Crippen LogP contribution in [0.15, 0.2) is 24.3 Å². The Morgan fingerprint density at radius 3 is 2.35 bits per heavy atom. The molecule has 2 rings (SSSR count). The van der Waals surface area contributed by atoms with Gasteiger partial charge in [0.1, 0.15) is 0 Å². The zero-order valence-electron chi connectivity index (χ0n) is 11.3. The molecule has 112 valence electrons. The van der Waals surface area contributed by atoms with E-state index in [1.807, 2.05) is 12.1 Å². The third-order valence-electron chi connectivity index (χ3n) is 3.54. The lowest BCUT2D eigenvalue weighted by molar-refractivity contribution is 0.0696. The van der Waals surface area contributed by atoms with E-state index >= 15 is 0 Å². The van der Waals surface area contributed by atoms with Gasteiger partial charge in [-0.2, -0.15) is 0 Å². The lowest BCUT2D eigenvalue weighted by atomic mass is 10.00. The lowest BCUT2D eigenvalue weighted by Crippen LogP contribution is -2.45. The number of benzene rings is 1. The van der Waals surface area contributed by atoms with Crippen LogP contribution in [0.2, 0.25) is 0 Å². The maximum absolute atomic E-state index is 10.9. The molecule has 0 radical (unpaired) electrons. The molecule has 0 spiro atoms. The largest absolute Gasteiger partial charge is 0.478 e. The third kappa shape index (κ3) is 4.18. The normalized spacial score (nSPS) is 17.2. The number of aromatic carboxylic acids is 1. The number of carboxylic acid groups (broad SMARTS) is 1. The number of aliphatic hydroxyl groups excluding tert-OH is 1. The quantitative estimate of drug-likeness (QED) is 0.760. The molecule has 0 saturated carbocycles. The second kappa shape index (κ2) is 8.21. The summed E-state index contributed by atoms with van der Waals surface area (Å²) in [4.78, 5) is 13.2. The fourth-order valence-electron chi connectivity index (χ4n) is 2.52. The van der Waals surface area contributed by atoms with Crippen LogP contribution in [0.1, 0.15) is 28.4 Å². The Morgan fingerprint density at radius 1 is 1.25 bits per heavy atom. The van der Waals surface area contributed by atoms with Crippen molar-refractivity contribution >= 4 is 18.4 Å². The van der Waals surface area contributed by atoms with Gasteiger partial charge < -0.3 is 15.5 Å². The molecular weight excluding hydrogens is 280 g/mol. The van der Waals surface area contributed by atoms with E-state index in [1.54, 1.807) is 12.1 Å². The first kappa shape index (κ1) is 16.9. The Labute approximate surface area is 125 Å². The molecule has 20 heavy (non-hydrogen) atoms.